The highest BCUT2D eigenvalue weighted by Crippen LogP contribution is 2.31. The van der Waals surface area contributed by atoms with Crippen molar-refractivity contribution in [2.24, 2.45) is 0 Å². The van der Waals surface area contributed by atoms with Crippen LogP contribution in [0.1, 0.15) is 33.4 Å². The van der Waals surface area contributed by atoms with Crippen LogP contribution in [-0.4, -0.2) is 53.8 Å². The summed E-state index contributed by atoms with van der Waals surface area (Å²) in [5, 5.41) is 6.66. The summed E-state index contributed by atoms with van der Waals surface area (Å²) < 4.78 is 49.4. The molecule has 1 atom stereocenters. The van der Waals surface area contributed by atoms with Crippen molar-refractivity contribution in [2.45, 2.75) is 19.1 Å². The fourth-order valence-electron chi connectivity index (χ4n) is 3.71. The van der Waals surface area contributed by atoms with E-state index in [4.69, 9.17) is 9.26 Å². The SMILES string of the molecule is Cc1noc(-c2ccc(C(=O)NCC(c3ccc(C(F)(F)F)cc3)N3CCOCC3)cc2)n1. The van der Waals surface area contributed by atoms with Crippen molar-refractivity contribution in [3.05, 3.63) is 71.0 Å². The molecule has 0 bridgehead atoms. The Morgan fingerprint density at radius 1 is 1.09 bits per heavy atom. The first kappa shape index (κ1) is 22.9. The van der Waals surface area contributed by atoms with Gasteiger partial charge in [-0.15, -0.1) is 0 Å². The second kappa shape index (κ2) is 9.72. The van der Waals surface area contributed by atoms with Gasteiger partial charge in [-0.1, -0.05) is 17.3 Å². The maximum absolute atomic E-state index is 13.0. The Balaban J connectivity index is 1.46. The number of aryl methyl sites for hydroxylation is 1. The number of aromatic nitrogens is 2. The number of alkyl halides is 3. The lowest BCUT2D eigenvalue weighted by Crippen LogP contribution is -2.43. The zero-order valence-electron chi connectivity index (χ0n) is 17.9. The highest BCUT2D eigenvalue weighted by atomic mass is 19.4. The number of benzene rings is 2. The lowest BCUT2D eigenvalue weighted by atomic mass is 10.0. The van der Waals surface area contributed by atoms with Crippen molar-refractivity contribution >= 4 is 5.91 Å². The van der Waals surface area contributed by atoms with Crippen LogP contribution in [0.2, 0.25) is 0 Å². The molecule has 0 aliphatic carbocycles. The number of nitrogens with zero attached hydrogens (tertiary/aromatic N) is 3. The van der Waals surface area contributed by atoms with Gasteiger partial charge in [-0.2, -0.15) is 18.2 Å². The Bertz CT molecular complexity index is 1080. The number of carbonyl (C=O) groups excluding carboxylic acids is 1. The lowest BCUT2D eigenvalue weighted by molar-refractivity contribution is -0.137. The van der Waals surface area contributed by atoms with Crippen molar-refractivity contribution < 1.29 is 27.2 Å². The summed E-state index contributed by atoms with van der Waals surface area (Å²) in [6, 6.07) is 11.6. The number of rotatable bonds is 6. The van der Waals surface area contributed by atoms with Crippen LogP contribution < -0.4 is 5.32 Å². The van der Waals surface area contributed by atoms with Gasteiger partial charge in [-0.25, -0.2) is 0 Å². The van der Waals surface area contributed by atoms with Crippen LogP contribution in [0.5, 0.6) is 0 Å². The summed E-state index contributed by atoms with van der Waals surface area (Å²) in [6.07, 6.45) is -4.40. The van der Waals surface area contributed by atoms with Crippen LogP contribution in [-0.2, 0) is 10.9 Å². The molecule has 2 heterocycles. The number of hydrogen-bond acceptors (Lipinski definition) is 6. The van der Waals surface area contributed by atoms with Crippen LogP contribution >= 0.6 is 0 Å². The van der Waals surface area contributed by atoms with Gasteiger partial charge in [-0.05, 0) is 48.9 Å². The minimum atomic E-state index is -4.40. The zero-order chi connectivity index (χ0) is 23.4. The maximum Gasteiger partial charge on any atom is 0.416 e. The Morgan fingerprint density at radius 3 is 2.33 bits per heavy atom. The average Bonchev–Trinajstić information content (AvgIpc) is 3.26. The van der Waals surface area contributed by atoms with Crippen molar-refractivity contribution in [3.63, 3.8) is 0 Å². The van der Waals surface area contributed by atoms with Gasteiger partial charge in [0.2, 0.25) is 0 Å². The average molecular weight is 460 g/mol. The third-order valence-corrected chi connectivity index (χ3v) is 5.49. The largest absolute Gasteiger partial charge is 0.416 e. The number of morpholine rings is 1. The van der Waals surface area contributed by atoms with Crippen molar-refractivity contribution in [2.75, 3.05) is 32.8 Å². The van der Waals surface area contributed by atoms with Crippen LogP contribution in [0.15, 0.2) is 53.1 Å². The zero-order valence-corrected chi connectivity index (χ0v) is 17.9. The molecular formula is C23H23F3N4O3. The predicted octanol–water partition coefficient (Wildman–Crippen LogP) is 3.87. The molecule has 0 saturated carbocycles. The summed E-state index contributed by atoms with van der Waals surface area (Å²) in [5.74, 6) is 0.604. The quantitative estimate of drug-likeness (QED) is 0.602. The first-order valence-corrected chi connectivity index (χ1v) is 10.5. The van der Waals surface area contributed by atoms with Crippen LogP contribution in [0.25, 0.3) is 11.5 Å². The van der Waals surface area contributed by atoms with Gasteiger partial charge in [-0.3, -0.25) is 9.69 Å². The molecule has 4 rings (SSSR count). The molecule has 7 nitrogen and oxygen atoms in total. The molecule has 1 N–H and O–H groups in total. The first-order valence-electron chi connectivity index (χ1n) is 10.5. The summed E-state index contributed by atoms with van der Waals surface area (Å²) >= 11 is 0. The van der Waals surface area contributed by atoms with Crippen molar-refractivity contribution in [1.82, 2.24) is 20.4 Å². The molecule has 2 aromatic carbocycles. The van der Waals surface area contributed by atoms with E-state index in [-0.39, 0.29) is 18.5 Å². The van der Waals surface area contributed by atoms with Gasteiger partial charge in [0, 0.05) is 30.8 Å². The van der Waals surface area contributed by atoms with E-state index >= 15 is 0 Å². The van der Waals surface area contributed by atoms with E-state index in [1.807, 2.05) is 0 Å². The van der Waals surface area contributed by atoms with Gasteiger partial charge >= 0.3 is 6.18 Å². The third-order valence-electron chi connectivity index (χ3n) is 5.49. The molecule has 33 heavy (non-hydrogen) atoms. The summed E-state index contributed by atoms with van der Waals surface area (Å²) in [5.41, 5.74) is 1.14. The molecule has 0 spiro atoms. The maximum atomic E-state index is 13.0. The fraction of sp³-hybridized carbons (Fsp3) is 0.348. The molecule has 10 heteroatoms. The molecule has 1 unspecified atom stereocenters. The molecule has 0 radical (unpaired) electrons. The highest BCUT2D eigenvalue weighted by Gasteiger charge is 2.31. The van der Waals surface area contributed by atoms with Crippen LogP contribution in [0.3, 0.4) is 0 Å². The summed E-state index contributed by atoms with van der Waals surface area (Å²) in [4.78, 5) is 19.0. The molecule has 1 aliphatic heterocycles. The van der Waals surface area contributed by atoms with E-state index in [1.165, 1.54) is 12.1 Å². The van der Waals surface area contributed by atoms with Crippen molar-refractivity contribution in [1.29, 1.82) is 0 Å². The number of halogens is 3. The molecule has 1 fully saturated rings. The number of ether oxygens (including phenoxy) is 1. The second-order valence-corrected chi connectivity index (χ2v) is 7.72. The molecule has 1 saturated heterocycles. The predicted molar refractivity (Wildman–Crippen MR) is 113 cm³/mol. The Hall–Kier alpha value is -3.24. The molecule has 1 aliphatic rings. The van der Waals surface area contributed by atoms with E-state index in [1.54, 1.807) is 31.2 Å². The van der Waals surface area contributed by atoms with Gasteiger partial charge in [0.15, 0.2) is 5.82 Å². The summed E-state index contributed by atoms with van der Waals surface area (Å²) in [6.45, 7) is 4.27. The first-order chi connectivity index (χ1) is 15.8. The Kier molecular flexibility index (Phi) is 6.75. The van der Waals surface area contributed by atoms with Crippen molar-refractivity contribution in [3.8, 4) is 11.5 Å². The van der Waals surface area contributed by atoms with Gasteiger partial charge in [0.05, 0.1) is 24.8 Å². The lowest BCUT2D eigenvalue weighted by Gasteiger charge is -2.35. The normalized spacial score (nSPS) is 15.9. The monoisotopic (exact) mass is 460 g/mol. The molecular weight excluding hydrogens is 437 g/mol. The van der Waals surface area contributed by atoms with E-state index in [9.17, 15) is 18.0 Å². The molecule has 1 amide bonds. The van der Waals surface area contributed by atoms with E-state index in [0.717, 1.165) is 12.1 Å². The fourth-order valence-corrected chi connectivity index (χ4v) is 3.71. The Morgan fingerprint density at radius 2 is 1.76 bits per heavy atom. The number of amides is 1. The molecule has 1 aromatic heterocycles. The Labute approximate surface area is 188 Å². The number of nitrogens with one attached hydrogen (secondary N) is 1. The number of carbonyl (C=O) groups is 1. The topological polar surface area (TPSA) is 80.5 Å². The molecule has 3 aromatic rings. The standard InChI is InChI=1S/C23H23F3N4O3/c1-15-28-22(33-29-15)18-4-2-17(3-5-18)21(31)27-14-20(30-10-12-32-13-11-30)16-6-8-19(9-7-16)23(24,25)26/h2-9,20H,10-14H2,1H3,(H,27,31). The van der Waals surface area contributed by atoms with E-state index in [2.05, 4.69) is 20.4 Å². The molecule has 174 valence electrons. The van der Waals surface area contributed by atoms with Crippen LogP contribution in [0.4, 0.5) is 13.2 Å². The third kappa shape index (κ3) is 5.58. The minimum Gasteiger partial charge on any atom is -0.379 e. The second-order valence-electron chi connectivity index (χ2n) is 7.72. The van der Waals surface area contributed by atoms with Gasteiger partial charge in [0.25, 0.3) is 11.8 Å². The van der Waals surface area contributed by atoms with Gasteiger partial charge in [0.1, 0.15) is 0 Å². The summed E-state index contributed by atoms with van der Waals surface area (Å²) in [7, 11) is 0. The van der Waals surface area contributed by atoms with Crippen LogP contribution in [0, 0.1) is 6.92 Å². The smallest absolute Gasteiger partial charge is 0.379 e. The van der Waals surface area contributed by atoms with Gasteiger partial charge < -0.3 is 14.6 Å². The minimum absolute atomic E-state index is 0.245. The highest BCUT2D eigenvalue weighted by molar-refractivity contribution is 5.94. The van der Waals surface area contributed by atoms with E-state index in [0.29, 0.717) is 54.7 Å². The van der Waals surface area contributed by atoms with E-state index < -0.39 is 11.7 Å². The number of hydrogen-bond donors (Lipinski definition) is 1.